The van der Waals surface area contributed by atoms with Crippen LogP contribution in [0.1, 0.15) is 32.3 Å². The number of pyridine rings is 1. The largest absolute Gasteiger partial charge is 0.354 e. The number of aromatic nitrogens is 1. The average molecular weight is 219 g/mol. The molecule has 3 heteroatoms. The molecule has 0 saturated carbocycles. The highest BCUT2D eigenvalue weighted by atomic mass is 15.2. The summed E-state index contributed by atoms with van der Waals surface area (Å²) in [5, 5.41) is 3.44. The van der Waals surface area contributed by atoms with Gasteiger partial charge in [-0.1, -0.05) is 19.9 Å². The van der Waals surface area contributed by atoms with Gasteiger partial charge >= 0.3 is 0 Å². The van der Waals surface area contributed by atoms with Crippen molar-refractivity contribution >= 4 is 5.82 Å². The standard InChI is InChI=1S/C13H21N3/c1-10(2)12-4-5-13(15-8-12)16-7-6-14-11(3)9-16/h4-5,8,10-11,14H,6-7,9H2,1-3H3/t11-/m0/s1. The molecule has 1 aromatic heterocycles. The number of nitrogens with zero attached hydrogens (tertiary/aromatic N) is 2. The molecule has 0 bridgehead atoms. The van der Waals surface area contributed by atoms with Crippen molar-refractivity contribution < 1.29 is 0 Å². The predicted octanol–water partition coefficient (Wildman–Crippen LogP) is 2.00. The van der Waals surface area contributed by atoms with Crippen molar-refractivity contribution in [3.05, 3.63) is 23.9 Å². The highest BCUT2D eigenvalue weighted by molar-refractivity contribution is 5.40. The van der Waals surface area contributed by atoms with Gasteiger partial charge in [0.1, 0.15) is 5.82 Å². The van der Waals surface area contributed by atoms with Crippen molar-refractivity contribution in [1.82, 2.24) is 10.3 Å². The lowest BCUT2D eigenvalue weighted by Gasteiger charge is -2.32. The molecular formula is C13H21N3. The Hall–Kier alpha value is -1.09. The Morgan fingerprint density at radius 3 is 2.81 bits per heavy atom. The monoisotopic (exact) mass is 219 g/mol. The molecule has 1 atom stereocenters. The molecule has 1 N–H and O–H groups in total. The lowest BCUT2D eigenvalue weighted by atomic mass is 10.1. The number of piperazine rings is 1. The molecule has 3 nitrogen and oxygen atoms in total. The van der Waals surface area contributed by atoms with E-state index >= 15 is 0 Å². The van der Waals surface area contributed by atoms with Crippen LogP contribution < -0.4 is 10.2 Å². The zero-order valence-corrected chi connectivity index (χ0v) is 10.4. The molecule has 88 valence electrons. The van der Waals surface area contributed by atoms with Crippen LogP contribution in [-0.2, 0) is 0 Å². The van der Waals surface area contributed by atoms with E-state index in [9.17, 15) is 0 Å². The van der Waals surface area contributed by atoms with Gasteiger partial charge in [-0.15, -0.1) is 0 Å². The van der Waals surface area contributed by atoms with Crippen molar-refractivity contribution in [1.29, 1.82) is 0 Å². The molecule has 16 heavy (non-hydrogen) atoms. The quantitative estimate of drug-likeness (QED) is 0.824. The third kappa shape index (κ3) is 2.53. The van der Waals surface area contributed by atoms with Crippen molar-refractivity contribution in [2.75, 3.05) is 24.5 Å². The Morgan fingerprint density at radius 2 is 2.25 bits per heavy atom. The number of hydrogen-bond donors (Lipinski definition) is 1. The minimum absolute atomic E-state index is 0.556. The molecule has 0 radical (unpaired) electrons. The molecule has 0 aromatic carbocycles. The second-order valence-electron chi connectivity index (χ2n) is 4.91. The van der Waals surface area contributed by atoms with E-state index in [2.05, 4.69) is 48.1 Å². The molecule has 1 aliphatic heterocycles. The summed E-state index contributed by atoms with van der Waals surface area (Å²) in [4.78, 5) is 6.91. The molecule has 2 heterocycles. The Balaban J connectivity index is 2.09. The topological polar surface area (TPSA) is 28.2 Å². The highest BCUT2D eigenvalue weighted by Gasteiger charge is 2.16. The van der Waals surface area contributed by atoms with E-state index in [1.165, 1.54) is 5.56 Å². The maximum atomic E-state index is 4.56. The van der Waals surface area contributed by atoms with Crippen LogP contribution in [-0.4, -0.2) is 30.7 Å². The van der Waals surface area contributed by atoms with Crippen LogP contribution in [0.25, 0.3) is 0 Å². The molecule has 0 aliphatic carbocycles. The molecule has 1 aromatic rings. The highest BCUT2D eigenvalue weighted by Crippen LogP contribution is 2.17. The molecule has 1 fully saturated rings. The first-order chi connectivity index (χ1) is 7.66. The van der Waals surface area contributed by atoms with Gasteiger partial charge in [0.05, 0.1) is 0 Å². The summed E-state index contributed by atoms with van der Waals surface area (Å²) >= 11 is 0. The number of hydrogen-bond acceptors (Lipinski definition) is 3. The summed E-state index contributed by atoms with van der Waals surface area (Å²) in [7, 11) is 0. The molecule has 0 amide bonds. The minimum atomic E-state index is 0.556. The fourth-order valence-corrected chi connectivity index (χ4v) is 2.07. The summed E-state index contributed by atoms with van der Waals surface area (Å²) < 4.78 is 0. The van der Waals surface area contributed by atoms with Crippen molar-refractivity contribution in [3.8, 4) is 0 Å². The third-order valence-corrected chi connectivity index (χ3v) is 3.13. The van der Waals surface area contributed by atoms with Crippen LogP contribution >= 0.6 is 0 Å². The summed E-state index contributed by atoms with van der Waals surface area (Å²) in [6, 6.07) is 4.90. The summed E-state index contributed by atoms with van der Waals surface area (Å²) in [6.45, 7) is 9.77. The molecule has 2 rings (SSSR count). The van der Waals surface area contributed by atoms with Gasteiger partial charge in [0.25, 0.3) is 0 Å². The van der Waals surface area contributed by atoms with Crippen LogP contribution in [0.2, 0.25) is 0 Å². The van der Waals surface area contributed by atoms with E-state index < -0.39 is 0 Å². The molecule has 1 saturated heterocycles. The lowest BCUT2D eigenvalue weighted by Crippen LogP contribution is -2.49. The third-order valence-electron chi connectivity index (χ3n) is 3.13. The van der Waals surface area contributed by atoms with Gasteiger partial charge in [0.15, 0.2) is 0 Å². The SMILES string of the molecule is CC(C)c1ccc(N2CCN[C@@H](C)C2)nc1. The first kappa shape index (κ1) is 11.4. The van der Waals surface area contributed by atoms with Crippen LogP contribution in [0.5, 0.6) is 0 Å². The van der Waals surface area contributed by atoms with E-state index in [0.717, 1.165) is 25.5 Å². The first-order valence-corrected chi connectivity index (χ1v) is 6.11. The van der Waals surface area contributed by atoms with Gasteiger partial charge in [0.2, 0.25) is 0 Å². The Bertz CT molecular complexity index is 332. The van der Waals surface area contributed by atoms with Gasteiger partial charge < -0.3 is 10.2 Å². The number of rotatable bonds is 2. The maximum absolute atomic E-state index is 4.56. The predicted molar refractivity (Wildman–Crippen MR) is 68.0 cm³/mol. The van der Waals surface area contributed by atoms with E-state index in [1.807, 2.05) is 6.20 Å². The fraction of sp³-hybridized carbons (Fsp3) is 0.615. The second-order valence-corrected chi connectivity index (χ2v) is 4.91. The van der Waals surface area contributed by atoms with E-state index in [1.54, 1.807) is 0 Å². The lowest BCUT2D eigenvalue weighted by molar-refractivity contribution is 0.482. The zero-order valence-electron chi connectivity index (χ0n) is 10.4. The van der Waals surface area contributed by atoms with E-state index in [0.29, 0.717) is 12.0 Å². The Morgan fingerprint density at radius 1 is 1.44 bits per heavy atom. The van der Waals surface area contributed by atoms with Gasteiger partial charge in [-0.3, -0.25) is 0 Å². The van der Waals surface area contributed by atoms with E-state index in [4.69, 9.17) is 0 Å². The zero-order chi connectivity index (χ0) is 11.5. The van der Waals surface area contributed by atoms with Crippen LogP contribution in [0, 0.1) is 0 Å². The fourth-order valence-electron chi connectivity index (χ4n) is 2.07. The molecule has 0 spiro atoms. The number of nitrogens with one attached hydrogen (secondary N) is 1. The van der Waals surface area contributed by atoms with Crippen LogP contribution in [0.15, 0.2) is 18.3 Å². The van der Waals surface area contributed by atoms with Crippen molar-refractivity contribution in [2.24, 2.45) is 0 Å². The van der Waals surface area contributed by atoms with Crippen molar-refractivity contribution in [2.45, 2.75) is 32.7 Å². The molecule has 1 aliphatic rings. The summed E-state index contributed by atoms with van der Waals surface area (Å²) in [5.41, 5.74) is 1.31. The van der Waals surface area contributed by atoms with Crippen LogP contribution in [0.3, 0.4) is 0 Å². The smallest absolute Gasteiger partial charge is 0.128 e. The van der Waals surface area contributed by atoms with E-state index in [-0.39, 0.29) is 0 Å². The van der Waals surface area contributed by atoms with Gasteiger partial charge in [-0.2, -0.15) is 0 Å². The number of anilines is 1. The molecular weight excluding hydrogens is 198 g/mol. The summed E-state index contributed by atoms with van der Waals surface area (Å²) in [6.07, 6.45) is 2.01. The maximum Gasteiger partial charge on any atom is 0.128 e. The van der Waals surface area contributed by atoms with Gasteiger partial charge in [-0.05, 0) is 24.5 Å². The van der Waals surface area contributed by atoms with Crippen LogP contribution in [0.4, 0.5) is 5.82 Å². The van der Waals surface area contributed by atoms with Gasteiger partial charge in [0, 0.05) is 31.9 Å². The normalized spacial score (nSPS) is 21.5. The summed E-state index contributed by atoms with van der Waals surface area (Å²) in [5.74, 6) is 1.67. The minimum Gasteiger partial charge on any atom is -0.354 e. The van der Waals surface area contributed by atoms with Gasteiger partial charge in [-0.25, -0.2) is 4.98 Å². The average Bonchev–Trinajstić information content (AvgIpc) is 2.29. The Labute approximate surface area is 97.9 Å². The first-order valence-electron chi connectivity index (χ1n) is 6.11. The second kappa shape index (κ2) is 4.83. The molecule has 0 unspecified atom stereocenters. The van der Waals surface area contributed by atoms with Crippen molar-refractivity contribution in [3.63, 3.8) is 0 Å². The Kier molecular flexibility index (Phi) is 3.44.